The maximum Gasteiger partial charge on any atom is 0.227 e. The van der Waals surface area contributed by atoms with Crippen LogP contribution in [0.4, 0.5) is 17.6 Å². The second kappa shape index (κ2) is 7.66. The molecule has 7 nitrogen and oxygen atoms in total. The second-order valence-corrected chi connectivity index (χ2v) is 7.45. The van der Waals surface area contributed by atoms with E-state index in [9.17, 15) is 0 Å². The third kappa shape index (κ3) is 3.68. The number of aromatic nitrogens is 4. The molecule has 0 N–H and O–H groups in total. The Labute approximate surface area is 161 Å². The van der Waals surface area contributed by atoms with Gasteiger partial charge in [-0.05, 0) is 33.1 Å². The largest absolute Gasteiger partial charge is 0.353 e. The van der Waals surface area contributed by atoms with Gasteiger partial charge in [0, 0.05) is 62.3 Å². The molecule has 0 spiro atoms. The third-order valence-electron chi connectivity index (χ3n) is 5.72. The van der Waals surface area contributed by atoms with E-state index in [2.05, 4.69) is 44.6 Å². The van der Waals surface area contributed by atoms with E-state index in [1.165, 1.54) is 18.4 Å². The molecule has 2 aliphatic rings. The van der Waals surface area contributed by atoms with Gasteiger partial charge in [-0.25, -0.2) is 15.0 Å². The standard InChI is InChI=1S/C20H29N7/c1-4-17-13-18(24-20(23-17)27-7-5-6-8-27)25-9-11-26(12-10-25)19-15(2)16(3)21-14-22-19/h13-14H,4-12H2,1-3H3. The first-order valence-electron chi connectivity index (χ1n) is 10.1. The van der Waals surface area contributed by atoms with Gasteiger partial charge in [-0.2, -0.15) is 4.98 Å². The van der Waals surface area contributed by atoms with Crippen molar-refractivity contribution in [1.82, 2.24) is 19.9 Å². The summed E-state index contributed by atoms with van der Waals surface area (Å²) in [4.78, 5) is 25.6. The van der Waals surface area contributed by atoms with Crippen molar-refractivity contribution in [3.05, 3.63) is 29.3 Å². The lowest BCUT2D eigenvalue weighted by molar-refractivity contribution is 0.637. The van der Waals surface area contributed by atoms with Crippen molar-refractivity contribution in [2.45, 2.75) is 40.0 Å². The minimum atomic E-state index is 0.909. The van der Waals surface area contributed by atoms with E-state index in [0.29, 0.717) is 0 Å². The number of hydrogen-bond donors (Lipinski definition) is 0. The lowest BCUT2D eigenvalue weighted by atomic mass is 10.2. The van der Waals surface area contributed by atoms with Crippen LogP contribution in [0.15, 0.2) is 12.4 Å². The number of rotatable bonds is 4. The Bertz CT molecular complexity index is 793. The zero-order chi connectivity index (χ0) is 18.8. The zero-order valence-electron chi connectivity index (χ0n) is 16.6. The van der Waals surface area contributed by atoms with E-state index in [1.807, 2.05) is 6.92 Å². The molecule has 0 aromatic carbocycles. The SMILES string of the molecule is CCc1cc(N2CCN(c3ncnc(C)c3C)CC2)nc(N2CCCC2)n1. The van der Waals surface area contributed by atoms with Gasteiger partial charge >= 0.3 is 0 Å². The summed E-state index contributed by atoms with van der Waals surface area (Å²) in [7, 11) is 0. The van der Waals surface area contributed by atoms with Gasteiger partial charge in [0.05, 0.1) is 0 Å². The lowest BCUT2D eigenvalue weighted by Gasteiger charge is -2.37. The topological polar surface area (TPSA) is 61.3 Å². The van der Waals surface area contributed by atoms with Gasteiger partial charge in [-0.15, -0.1) is 0 Å². The molecule has 144 valence electrons. The molecule has 0 aliphatic carbocycles. The minimum absolute atomic E-state index is 0.909. The molecule has 2 aliphatic heterocycles. The zero-order valence-corrected chi connectivity index (χ0v) is 16.6. The summed E-state index contributed by atoms with van der Waals surface area (Å²) < 4.78 is 0. The second-order valence-electron chi connectivity index (χ2n) is 7.45. The molecule has 0 atom stereocenters. The van der Waals surface area contributed by atoms with Crippen molar-refractivity contribution in [2.24, 2.45) is 0 Å². The molecule has 0 amide bonds. The molecular weight excluding hydrogens is 338 g/mol. The Morgan fingerprint density at radius 3 is 2.26 bits per heavy atom. The number of anilines is 3. The Balaban J connectivity index is 1.50. The summed E-state index contributed by atoms with van der Waals surface area (Å²) in [5, 5.41) is 0. The van der Waals surface area contributed by atoms with E-state index in [0.717, 1.165) is 74.7 Å². The molecular formula is C20H29N7. The predicted molar refractivity (Wildman–Crippen MR) is 109 cm³/mol. The smallest absolute Gasteiger partial charge is 0.227 e. The van der Waals surface area contributed by atoms with Crippen molar-refractivity contribution in [1.29, 1.82) is 0 Å². The van der Waals surface area contributed by atoms with Gasteiger partial charge in [0.2, 0.25) is 5.95 Å². The summed E-state index contributed by atoms with van der Waals surface area (Å²) in [5.74, 6) is 3.04. The van der Waals surface area contributed by atoms with Gasteiger partial charge < -0.3 is 14.7 Å². The van der Waals surface area contributed by atoms with Crippen molar-refractivity contribution < 1.29 is 0 Å². The van der Waals surface area contributed by atoms with Crippen LogP contribution in [0.5, 0.6) is 0 Å². The maximum atomic E-state index is 4.91. The number of nitrogens with zero attached hydrogens (tertiary/aromatic N) is 7. The van der Waals surface area contributed by atoms with Crippen LogP contribution in [-0.2, 0) is 6.42 Å². The van der Waals surface area contributed by atoms with Crippen LogP contribution in [-0.4, -0.2) is 59.2 Å². The Kier molecular flexibility index (Phi) is 5.09. The highest BCUT2D eigenvalue weighted by molar-refractivity contribution is 5.51. The molecule has 0 saturated carbocycles. The van der Waals surface area contributed by atoms with Gasteiger partial charge in [0.25, 0.3) is 0 Å². The Hall–Kier alpha value is -2.44. The highest BCUT2D eigenvalue weighted by Gasteiger charge is 2.23. The van der Waals surface area contributed by atoms with Gasteiger partial charge in [-0.1, -0.05) is 6.92 Å². The average Bonchev–Trinajstić information content (AvgIpc) is 3.25. The first-order valence-corrected chi connectivity index (χ1v) is 10.1. The van der Waals surface area contributed by atoms with Crippen molar-refractivity contribution in [3.63, 3.8) is 0 Å². The number of piperazine rings is 1. The first kappa shape index (κ1) is 17.9. The normalized spacial score (nSPS) is 17.7. The summed E-state index contributed by atoms with van der Waals surface area (Å²) >= 11 is 0. The number of aryl methyl sites for hydroxylation is 2. The quantitative estimate of drug-likeness (QED) is 0.822. The molecule has 27 heavy (non-hydrogen) atoms. The van der Waals surface area contributed by atoms with Gasteiger partial charge in [0.15, 0.2) is 0 Å². The van der Waals surface area contributed by atoms with Crippen LogP contribution in [0.25, 0.3) is 0 Å². The fourth-order valence-corrected chi connectivity index (χ4v) is 3.86. The molecule has 2 saturated heterocycles. The molecule has 0 unspecified atom stereocenters. The van der Waals surface area contributed by atoms with Crippen LogP contribution in [0.3, 0.4) is 0 Å². The van der Waals surface area contributed by atoms with Crippen LogP contribution in [0, 0.1) is 13.8 Å². The van der Waals surface area contributed by atoms with E-state index in [1.54, 1.807) is 6.33 Å². The summed E-state index contributed by atoms with van der Waals surface area (Å²) in [6, 6.07) is 2.16. The summed E-state index contributed by atoms with van der Waals surface area (Å²) in [5.41, 5.74) is 3.37. The van der Waals surface area contributed by atoms with Crippen molar-refractivity contribution in [2.75, 3.05) is 54.0 Å². The molecule has 7 heteroatoms. The summed E-state index contributed by atoms with van der Waals surface area (Å²) in [6.07, 6.45) is 5.09. The molecule has 2 fully saturated rings. The fraction of sp³-hybridized carbons (Fsp3) is 0.600. The number of hydrogen-bond acceptors (Lipinski definition) is 7. The molecule has 4 heterocycles. The average molecular weight is 368 g/mol. The van der Waals surface area contributed by atoms with Gasteiger partial charge in [0.1, 0.15) is 18.0 Å². The lowest BCUT2D eigenvalue weighted by Crippen LogP contribution is -2.47. The van der Waals surface area contributed by atoms with Crippen molar-refractivity contribution >= 4 is 17.6 Å². The Morgan fingerprint density at radius 2 is 1.56 bits per heavy atom. The fourth-order valence-electron chi connectivity index (χ4n) is 3.86. The van der Waals surface area contributed by atoms with Crippen LogP contribution in [0.2, 0.25) is 0 Å². The molecule has 0 radical (unpaired) electrons. The first-order chi connectivity index (χ1) is 13.2. The molecule has 4 rings (SSSR count). The highest BCUT2D eigenvalue weighted by atomic mass is 15.3. The minimum Gasteiger partial charge on any atom is -0.353 e. The van der Waals surface area contributed by atoms with E-state index in [-0.39, 0.29) is 0 Å². The van der Waals surface area contributed by atoms with Gasteiger partial charge in [-0.3, -0.25) is 0 Å². The summed E-state index contributed by atoms with van der Waals surface area (Å²) in [6.45, 7) is 12.3. The van der Waals surface area contributed by atoms with E-state index >= 15 is 0 Å². The van der Waals surface area contributed by atoms with Crippen molar-refractivity contribution in [3.8, 4) is 0 Å². The highest BCUT2D eigenvalue weighted by Crippen LogP contribution is 2.24. The van der Waals surface area contributed by atoms with Crippen LogP contribution < -0.4 is 14.7 Å². The predicted octanol–water partition coefficient (Wildman–Crippen LogP) is 2.37. The molecule has 2 aromatic heterocycles. The van der Waals surface area contributed by atoms with Crippen LogP contribution >= 0.6 is 0 Å². The van der Waals surface area contributed by atoms with E-state index < -0.39 is 0 Å². The van der Waals surface area contributed by atoms with E-state index in [4.69, 9.17) is 9.97 Å². The monoisotopic (exact) mass is 367 g/mol. The van der Waals surface area contributed by atoms with Crippen LogP contribution in [0.1, 0.15) is 36.7 Å². The third-order valence-corrected chi connectivity index (χ3v) is 5.72. The Morgan fingerprint density at radius 1 is 0.852 bits per heavy atom. The molecule has 2 aromatic rings. The maximum absolute atomic E-state index is 4.91. The molecule has 0 bridgehead atoms.